The van der Waals surface area contributed by atoms with E-state index in [1.807, 2.05) is 0 Å². The first kappa shape index (κ1) is 6.60. The molecule has 0 aromatic rings. The molecule has 1 aliphatic rings. The summed E-state index contributed by atoms with van der Waals surface area (Å²) in [5, 5.41) is 0. The van der Waals surface area contributed by atoms with Crippen molar-refractivity contribution in [2.24, 2.45) is 9.98 Å². The van der Waals surface area contributed by atoms with Gasteiger partial charge in [0.1, 0.15) is 0 Å². The molecule has 10 heavy (non-hydrogen) atoms. The van der Waals surface area contributed by atoms with Crippen molar-refractivity contribution in [1.82, 2.24) is 0 Å². The summed E-state index contributed by atoms with van der Waals surface area (Å²) in [5.41, 5.74) is -0.0486. The van der Waals surface area contributed by atoms with Crippen LogP contribution in [-0.2, 0) is 9.53 Å². The first-order chi connectivity index (χ1) is 4.74. The lowest BCUT2D eigenvalue weighted by Gasteiger charge is -1.90. The van der Waals surface area contributed by atoms with Gasteiger partial charge in [0.15, 0.2) is 5.71 Å². The van der Waals surface area contributed by atoms with Gasteiger partial charge in [-0.3, -0.25) is 0 Å². The topological polar surface area (TPSA) is 68.1 Å². The van der Waals surface area contributed by atoms with Crippen molar-refractivity contribution in [3.63, 3.8) is 0 Å². The van der Waals surface area contributed by atoms with Crippen molar-refractivity contribution in [1.29, 1.82) is 0 Å². The summed E-state index contributed by atoms with van der Waals surface area (Å²) in [6.07, 6.45) is 1.08. The highest BCUT2D eigenvalue weighted by Gasteiger charge is 2.15. The molecule has 0 saturated carbocycles. The molecule has 0 fully saturated rings. The van der Waals surface area contributed by atoms with Gasteiger partial charge >= 0.3 is 12.0 Å². The molecule has 0 atom stereocenters. The van der Waals surface area contributed by atoms with Crippen molar-refractivity contribution in [3.05, 3.63) is 0 Å². The molecule has 2 amide bonds. The van der Waals surface area contributed by atoms with E-state index in [9.17, 15) is 9.59 Å². The number of esters is 1. The third kappa shape index (κ3) is 1.07. The molecule has 1 aliphatic heterocycles. The van der Waals surface area contributed by atoms with Crippen LogP contribution in [-0.4, -0.2) is 31.0 Å². The van der Waals surface area contributed by atoms with E-state index < -0.39 is 12.0 Å². The Balaban J connectivity index is 2.77. The van der Waals surface area contributed by atoms with Crippen LogP contribution < -0.4 is 0 Å². The van der Waals surface area contributed by atoms with Gasteiger partial charge in [0.05, 0.1) is 13.3 Å². The second-order valence-corrected chi connectivity index (χ2v) is 1.53. The Kier molecular flexibility index (Phi) is 1.57. The zero-order valence-electron chi connectivity index (χ0n) is 5.20. The molecule has 0 aliphatic carbocycles. The number of carbonyl (C=O) groups is 2. The van der Waals surface area contributed by atoms with E-state index in [1.54, 1.807) is 0 Å². The van der Waals surface area contributed by atoms with Crippen molar-refractivity contribution in [2.75, 3.05) is 7.11 Å². The number of ether oxygens (including phenoxy) is 1. The SMILES string of the molecule is COC(=O)C1=NC(=O)N=C1. The number of amides is 2. The Labute approximate surface area is 56.4 Å². The third-order valence-electron chi connectivity index (χ3n) is 0.908. The van der Waals surface area contributed by atoms with E-state index in [4.69, 9.17) is 0 Å². The Morgan fingerprint density at radius 3 is 2.80 bits per heavy atom. The second kappa shape index (κ2) is 2.38. The highest BCUT2D eigenvalue weighted by Crippen LogP contribution is 1.93. The highest BCUT2D eigenvalue weighted by molar-refractivity contribution is 6.62. The average molecular weight is 140 g/mol. The van der Waals surface area contributed by atoms with Crippen LogP contribution >= 0.6 is 0 Å². The Morgan fingerprint density at radius 2 is 2.40 bits per heavy atom. The molecule has 0 saturated heterocycles. The van der Waals surface area contributed by atoms with E-state index in [2.05, 4.69) is 14.7 Å². The van der Waals surface area contributed by atoms with Gasteiger partial charge in [0.25, 0.3) is 0 Å². The summed E-state index contributed by atoms with van der Waals surface area (Å²) < 4.78 is 4.27. The lowest BCUT2D eigenvalue weighted by Crippen LogP contribution is -2.14. The Hall–Kier alpha value is -1.52. The Bertz CT molecular complexity index is 241. The summed E-state index contributed by atoms with van der Waals surface area (Å²) in [6, 6.07) is -0.666. The standard InChI is InChI=1S/C5H4N2O3/c1-10-4(8)3-2-6-5(9)7-3/h2H,1H3. The number of urea groups is 1. The summed E-state index contributed by atoms with van der Waals surface area (Å²) >= 11 is 0. The van der Waals surface area contributed by atoms with Crippen LogP contribution in [0.5, 0.6) is 0 Å². The highest BCUT2D eigenvalue weighted by atomic mass is 16.5. The number of rotatable bonds is 1. The molecule has 1 heterocycles. The maximum atomic E-state index is 10.6. The summed E-state index contributed by atoms with van der Waals surface area (Å²) in [4.78, 5) is 27.3. The van der Waals surface area contributed by atoms with E-state index in [1.165, 1.54) is 7.11 Å². The maximum Gasteiger partial charge on any atom is 0.367 e. The number of carbonyl (C=O) groups excluding carboxylic acids is 2. The van der Waals surface area contributed by atoms with E-state index in [0.29, 0.717) is 0 Å². The van der Waals surface area contributed by atoms with Gasteiger partial charge in [-0.25, -0.2) is 9.59 Å². The molecule has 5 heteroatoms. The molecule has 5 nitrogen and oxygen atoms in total. The van der Waals surface area contributed by atoms with Crippen LogP contribution in [0.25, 0.3) is 0 Å². The van der Waals surface area contributed by atoms with Crippen molar-refractivity contribution < 1.29 is 14.3 Å². The minimum absolute atomic E-state index is 0.0486. The van der Waals surface area contributed by atoms with Crippen molar-refractivity contribution in [3.8, 4) is 0 Å². The number of hydrogen-bond acceptors (Lipinski definition) is 3. The number of nitrogens with zero attached hydrogens (tertiary/aromatic N) is 2. The lowest BCUT2D eigenvalue weighted by molar-refractivity contribution is -0.132. The average Bonchev–Trinajstić information content (AvgIpc) is 2.34. The summed E-state index contributed by atoms with van der Waals surface area (Å²) in [6.45, 7) is 0. The first-order valence-corrected chi connectivity index (χ1v) is 2.49. The predicted molar refractivity (Wildman–Crippen MR) is 33.3 cm³/mol. The molecule has 0 radical (unpaired) electrons. The van der Waals surface area contributed by atoms with Gasteiger partial charge in [-0.2, -0.15) is 9.98 Å². The fourth-order valence-electron chi connectivity index (χ4n) is 0.480. The molecule has 0 spiro atoms. The quantitative estimate of drug-likeness (QED) is 0.474. The van der Waals surface area contributed by atoms with Crippen molar-refractivity contribution in [2.45, 2.75) is 0 Å². The van der Waals surface area contributed by atoms with Gasteiger partial charge < -0.3 is 4.74 Å². The summed E-state index contributed by atoms with van der Waals surface area (Å²) in [7, 11) is 1.21. The number of methoxy groups -OCH3 is 1. The fourth-order valence-corrected chi connectivity index (χ4v) is 0.480. The smallest absolute Gasteiger partial charge is 0.367 e. The van der Waals surface area contributed by atoms with Crippen LogP contribution in [0, 0.1) is 0 Å². The van der Waals surface area contributed by atoms with E-state index in [-0.39, 0.29) is 5.71 Å². The molecular formula is C5H4N2O3. The minimum Gasteiger partial charge on any atom is -0.464 e. The first-order valence-electron chi connectivity index (χ1n) is 2.49. The second-order valence-electron chi connectivity index (χ2n) is 1.53. The minimum atomic E-state index is -0.666. The van der Waals surface area contributed by atoms with Gasteiger partial charge in [0.2, 0.25) is 0 Å². The van der Waals surface area contributed by atoms with Crippen LogP contribution in [0.3, 0.4) is 0 Å². The summed E-state index contributed by atoms with van der Waals surface area (Å²) in [5.74, 6) is -0.644. The number of hydrogen-bond donors (Lipinski definition) is 0. The predicted octanol–water partition coefficient (Wildman–Crippen LogP) is -0.195. The van der Waals surface area contributed by atoms with Crippen LogP contribution in [0.4, 0.5) is 4.79 Å². The van der Waals surface area contributed by atoms with E-state index in [0.717, 1.165) is 6.21 Å². The third-order valence-corrected chi connectivity index (χ3v) is 0.908. The molecule has 0 bridgehead atoms. The maximum absolute atomic E-state index is 10.6. The zero-order chi connectivity index (χ0) is 7.56. The van der Waals surface area contributed by atoms with Crippen molar-refractivity contribution >= 4 is 23.9 Å². The number of aliphatic imine (C=N–C) groups is 2. The molecule has 0 aromatic carbocycles. The normalized spacial score (nSPS) is 15.3. The zero-order valence-corrected chi connectivity index (χ0v) is 5.20. The van der Waals surface area contributed by atoms with E-state index >= 15 is 0 Å². The van der Waals surface area contributed by atoms with Gasteiger partial charge in [-0.05, 0) is 0 Å². The fraction of sp³-hybridized carbons (Fsp3) is 0.200. The largest absolute Gasteiger partial charge is 0.464 e. The molecular weight excluding hydrogens is 136 g/mol. The van der Waals surface area contributed by atoms with Crippen LogP contribution in [0.1, 0.15) is 0 Å². The lowest BCUT2D eigenvalue weighted by atomic mass is 10.4. The monoisotopic (exact) mass is 140 g/mol. The van der Waals surface area contributed by atoms with Gasteiger partial charge in [-0.1, -0.05) is 0 Å². The Morgan fingerprint density at radius 1 is 1.70 bits per heavy atom. The molecule has 1 rings (SSSR count). The van der Waals surface area contributed by atoms with Gasteiger partial charge in [-0.15, -0.1) is 0 Å². The molecule has 52 valence electrons. The molecule has 0 unspecified atom stereocenters. The van der Waals surface area contributed by atoms with Gasteiger partial charge in [0, 0.05) is 0 Å². The van der Waals surface area contributed by atoms with Crippen LogP contribution in [0.15, 0.2) is 9.98 Å². The van der Waals surface area contributed by atoms with Crippen LogP contribution in [0.2, 0.25) is 0 Å². The molecule has 0 N–H and O–H groups in total. The molecule has 0 aromatic heterocycles.